The fourth-order valence-electron chi connectivity index (χ4n) is 3.82. The number of rotatable bonds is 5. The van der Waals surface area contributed by atoms with Crippen LogP contribution in [0.15, 0.2) is 0 Å². The summed E-state index contributed by atoms with van der Waals surface area (Å²) in [6, 6.07) is -0.126. The summed E-state index contributed by atoms with van der Waals surface area (Å²) in [4.78, 5) is 14.7. The Morgan fingerprint density at radius 1 is 1.43 bits per heavy atom. The van der Waals surface area contributed by atoms with Gasteiger partial charge >= 0.3 is 6.03 Å². The molecule has 6 nitrogen and oxygen atoms in total. The van der Waals surface area contributed by atoms with Gasteiger partial charge in [-0.15, -0.1) is 0 Å². The molecule has 0 spiro atoms. The van der Waals surface area contributed by atoms with Gasteiger partial charge in [0.05, 0.1) is 29.2 Å². The van der Waals surface area contributed by atoms with Gasteiger partial charge in [-0.25, -0.2) is 4.79 Å². The Morgan fingerprint density at radius 2 is 2.13 bits per heavy atom. The second-order valence-electron chi connectivity index (χ2n) is 7.03. The lowest BCUT2D eigenvalue weighted by Gasteiger charge is -2.38. The smallest absolute Gasteiger partial charge is 0.322 e. The SMILES string of the molecule is CCn1nc(C)c(NC(=O)N2CCCC2(CO)CC(C)C)c1C. The maximum atomic E-state index is 12.8. The molecule has 0 aliphatic carbocycles. The second kappa shape index (κ2) is 6.91. The fourth-order valence-corrected chi connectivity index (χ4v) is 3.82. The minimum absolute atomic E-state index is 0.0186. The minimum atomic E-state index is -0.430. The number of likely N-dealkylation sites (tertiary alicyclic amines) is 1. The van der Waals surface area contributed by atoms with Crippen LogP contribution in [0.1, 0.15) is 51.4 Å². The van der Waals surface area contributed by atoms with E-state index in [2.05, 4.69) is 24.3 Å². The van der Waals surface area contributed by atoms with Crippen molar-refractivity contribution in [2.75, 3.05) is 18.5 Å². The fraction of sp³-hybridized carbons (Fsp3) is 0.765. The van der Waals surface area contributed by atoms with Crippen molar-refractivity contribution in [2.45, 2.75) is 66.0 Å². The van der Waals surface area contributed by atoms with Gasteiger partial charge in [0, 0.05) is 13.1 Å². The van der Waals surface area contributed by atoms with E-state index in [1.807, 2.05) is 30.4 Å². The van der Waals surface area contributed by atoms with E-state index in [4.69, 9.17) is 0 Å². The first kappa shape index (κ1) is 17.8. The monoisotopic (exact) mass is 322 g/mol. The van der Waals surface area contributed by atoms with Crippen LogP contribution in [0.5, 0.6) is 0 Å². The third-order valence-corrected chi connectivity index (χ3v) is 4.84. The zero-order valence-electron chi connectivity index (χ0n) is 15.0. The first-order valence-electron chi connectivity index (χ1n) is 8.58. The Bertz CT molecular complexity index is 567. The van der Waals surface area contributed by atoms with Crippen LogP contribution in [-0.4, -0.2) is 44.5 Å². The largest absolute Gasteiger partial charge is 0.394 e. The molecule has 2 heterocycles. The first-order chi connectivity index (χ1) is 10.8. The zero-order chi connectivity index (χ0) is 17.2. The van der Waals surface area contributed by atoms with Crippen molar-refractivity contribution in [3.8, 4) is 0 Å². The average molecular weight is 322 g/mol. The van der Waals surface area contributed by atoms with Gasteiger partial charge in [0.25, 0.3) is 0 Å². The van der Waals surface area contributed by atoms with Gasteiger partial charge in [0.2, 0.25) is 0 Å². The number of aliphatic hydroxyl groups excluding tert-OH is 1. The number of aryl methyl sites for hydroxylation is 2. The molecule has 0 radical (unpaired) electrons. The van der Waals surface area contributed by atoms with Crippen LogP contribution in [0.3, 0.4) is 0 Å². The van der Waals surface area contributed by atoms with Gasteiger partial charge in [0.15, 0.2) is 0 Å². The van der Waals surface area contributed by atoms with Crippen molar-refractivity contribution in [3.05, 3.63) is 11.4 Å². The van der Waals surface area contributed by atoms with E-state index in [9.17, 15) is 9.90 Å². The minimum Gasteiger partial charge on any atom is -0.394 e. The average Bonchev–Trinajstić information content (AvgIpc) is 3.02. The van der Waals surface area contributed by atoms with Crippen LogP contribution in [0.4, 0.5) is 10.5 Å². The highest BCUT2D eigenvalue weighted by Crippen LogP contribution is 2.35. The quantitative estimate of drug-likeness (QED) is 0.875. The number of aliphatic hydroxyl groups is 1. The van der Waals surface area contributed by atoms with Gasteiger partial charge in [0.1, 0.15) is 0 Å². The molecule has 2 N–H and O–H groups in total. The molecule has 1 atom stereocenters. The molecular weight excluding hydrogens is 292 g/mol. The summed E-state index contributed by atoms with van der Waals surface area (Å²) in [5.74, 6) is 0.432. The number of hydrogen-bond donors (Lipinski definition) is 2. The molecule has 1 fully saturated rings. The molecule has 0 saturated carbocycles. The third kappa shape index (κ3) is 3.37. The lowest BCUT2D eigenvalue weighted by molar-refractivity contribution is 0.0728. The van der Waals surface area contributed by atoms with Gasteiger partial charge in [-0.05, 0) is 46.0 Å². The normalized spacial score (nSPS) is 21.3. The summed E-state index contributed by atoms with van der Waals surface area (Å²) >= 11 is 0. The molecule has 0 aromatic carbocycles. The Kier molecular flexibility index (Phi) is 5.34. The zero-order valence-corrected chi connectivity index (χ0v) is 15.0. The van der Waals surface area contributed by atoms with Crippen molar-refractivity contribution in [1.29, 1.82) is 0 Å². The summed E-state index contributed by atoms with van der Waals surface area (Å²) in [5.41, 5.74) is 2.16. The summed E-state index contributed by atoms with van der Waals surface area (Å²) in [6.45, 7) is 11.7. The lowest BCUT2D eigenvalue weighted by atomic mass is 9.87. The van der Waals surface area contributed by atoms with Crippen molar-refractivity contribution >= 4 is 11.7 Å². The van der Waals surface area contributed by atoms with Crippen LogP contribution in [-0.2, 0) is 6.54 Å². The maximum absolute atomic E-state index is 12.8. The maximum Gasteiger partial charge on any atom is 0.322 e. The van der Waals surface area contributed by atoms with Gasteiger partial charge in [-0.3, -0.25) is 4.68 Å². The molecule has 1 aliphatic heterocycles. The Morgan fingerprint density at radius 3 is 2.65 bits per heavy atom. The lowest BCUT2D eigenvalue weighted by Crippen LogP contribution is -2.52. The van der Waals surface area contributed by atoms with Crippen molar-refractivity contribution in [1.82, 2.24) is 14.7 Å². The van der Waals surface area contributed by atoms with Crippen molar-refractivity contribution in [2.24, 2.45) is 5.92 Å². The Balaban J connectivity index is 2.21. The molecule has 1 aromatic rings. The van der Waals surface area contributed by atoms with E-state index >= 15 is 0 Å². The molecule has 1 unspecified atom stereocenters. The molecule has 2 amide bonds. The molecule has 2 rings (SSSR count). The topological polar surface area (TPSA) is 70.4 Å². The van der Waals surface area contributed by atoms with Gasteiger partial charge in [-0.1, -0.05) is 13.8 Å². The second-order valence-corrected chi connectivity index (χ2v) is 7.03. The summed E-state index contributed by atoms with van der Waals surface area (Å²) in [6.07, 6.45) is 2.62. The van der Waals surface area contributed by atoms with Crippen molar-refractivity contribution in [3.63, 3.8) is 0 Å². The number of nitrogens with zero attached hydrogens (tertiary/aromatic N) is 3. The van der Waals surface area contributed by atoms with E-state index in [0.717, 1.165) is 42.9 Å². The Labute approximate surface area is 138 Å². The number of urea groups is 1. The standard InChI is InChI=1S/C17H30N4O2/c1-6-21-14(5)15(13(4)19-21)18-16(23)20-9-7-8-17(20,11-22)10-12(2)3/h12,22H,6-11H2,1-5H3,(H,18,23). The van der Waals surface area contributed by atoms with Gasteiger partial charge in [-0.2, -0.15) is 5.10 Å². The van der Waals surface area contributed by atoms with Crippen LogP contribution < -0.4 is 5.32 Å². The van der Waals surface area contributed by atoms with E-state index in [0.29, 0.717) is 12.5 Å². The van der Waals surface area contributed by atoms with E-state index < -0.39 is 5.54 Å². The highest BCUT2D eigenvalue weighted by molar-refractivity contribution is 5.91. The molecule has 130 valence electrons. The van der Waals surface area contributed by atoms with E-state index in [-0.39, 0.29) is 12.6 Å². The number of carbonyl (C=O) groups excluding carboxylic acids is 1. The van der Waals surface area contributed by atoms with Gasteiger partial charge < -0.3 is 15.3 Å². The highest BCUT2D eigenvalue weighted by Gasteiger charge is 2.43. The molecule has 1 saturated heterocycles. The number of nitrogens with one attached hydrogen (secondary N) is 1. The number of amides is 2. The number of aromatic nitrogens is 2. The molecule has 1 aliphatic rings. The number of anilines is 1. The van der Waals surface area contributed by atoms with E-state index in [1.165, 1.54) is 0 Å². The van der Waals surface area contributed by atoms with Crippen LogP contribution in [0, 0.1) is 19.8 Å². The number of hydrogen-bond acceptors (Lipinski definition) is 3. The van der Waals surface area contributed by atoms with Crippen LogP contribution in [0.25, 0.3) is 0 Å². The van der Waals surface area contributed by atoms with Crippen molar-refractivity contribution < 1.29 is 9.90 Å². The molecule has 6 heteroatoms. The Hall–Kier alpha value is -1.56. The molecule has 0 bridgehead atoms. The number of carbonyl (C=O) groups is 1. The predicted octanol–water partition coefficient (Wildman–Crippen LogP) is 2.92. The van der Waals surface area contributed by atoms with Crippen LogP contribution >= 0.6 is 0 Å². The van der Waals surface area contributed by atoms with Crippen LogP contribution in [0.2, 0.25) is 0 Å². The highest BCUT2D eigenvalue weighted by atomic mass is 16.3. The molecule has 1 aromatic heterocycles. The summed E-state index contributed by atoms with van der Waals surface area (Å²) in [5, 5.41) is 17.4. The third-order valence-electron chi connectivity index (χ3n) is 4.84. The molecule has 23 heavy (non-hydrogen) atoms. The van der Waals surface area contributed by atoms with E-state index in [1.54, 1.807) is 0 Å². The summed E-state index contributed by atoms with van der Waals surface area (Å²) in [7, 11) is 0. The molecular formula is C17H30N4O2. The predicted molar refractivity (Wildman–Crippen MR) is 91.6 cm³/mol. The summed E-state index contributed by atoms with van der Waals surface area (Å²) < 4.78 is 1.89. The first-order valence-corrected chi connectivity index (χ1v) is 8.58.